The SMILES string of the molecule is Nc1ncc(Br)nc1OC1CCN(C(=O)O)CC1. The Bertz CT molecular complexity index is 449. The van der Waals surface area contributed by atoms with Gasteiger partial charge in [0.2, 0.25) is 0 Å². The lowest BCUT2D eigenvalue weighted by Gasteiger charge is -2.29. The molecular formula is C10H13BrN4O3. The summed E-state index contributed by atoms with van der Waals surface area (Å²) in [6.45, 7) is 0.919. The average molecular weight is 317 g/mol. The van der Waals surface area contributed by atoms with Crippen LogP contribution in [0.25, 0.3) is 0 Å². The van der Waals surface area contributed by atoms with Crippen molar-refractivity contribution in [1.29, 1.82) is 0 Å². The second-order valence-electron chi connectivity index (χ2n) is 3.97. The zero-order valence-electron chi connectivity index (χ0n) is 9.54. The van der Waals surface area contributed by atoms with Crippen LogP contribution in [-0.2, 0) is 0 Å². The first-order valence-electron chi connectivity index (χ1n) is 5.49. The number of carboxylic acid groups (broad SMARTS) is 1. The third kappa shape index (κ3) is 3.00. The number of likely N-dealkylation sites (tertiary alicyclic amines) is 1. The maximum absolute atomic E-state index is 10.8. The van der Waals surface area contributed by atoms with Gasteiger partial charge in [-0.15, -0.1) is 0 Å². The number of ether oxygens (including phenoxy) is 1. The van der Waals surface area contributed by atoms with Crippen molar-refractivity contribution in [3.8, 4) is 5.88 Å². The van der Waals surface area contributed by atoms with Crippen LogP contribution in [0.2, 0.25) is 0 Å². The van der Waals surface area contributed by atoms with Gasteiger partial charge in [-0.05, 0) is 15.9 Å². The van der Waals surface area contributed by atoms with Crippen LogP contribution in [0.5, 0.6) is 5.88 Å². The van der Waals surface area contributed by atoms with Gasteiger partial charge >= 0.3 is 6.09 Å². The highest BCUT2D eigenvalue weighted by molar-refractivity contribution is 9.10. The number of amides is 1. The van der Waals surface area contributed by atoms with Gasteiger partial charge < -0.3 is 20.5 Å². The summed E-state index contributed by atoms with van der Waals surface area (Å²) in [4.78, 5) is 20.1. The first-order chi connectivity index (χ1) is 8.56. The van der Waals surface area contributed by atoms with E-state index in [9.17, 15) is 4.79 Å². The minimum atomic E-state index is -0.893. The molecule has 1 amide bonds. The van der Waals surface area contributed by atoms with E-state index in [2.05, 4.69) is 25.9 Å². The molecule has 0 radical (unpaired) electrons. The van der Waals surface area contributed by atoms with Crippen molar-refractivity contribution in [1.82, 2.24) is 14.9 Å². The van der Waals surface area contributed by atoms with Gasteiger partial charge in [-0.25, -0.2) is 14.8 Å². The Morgan fingerprint density at radius 1 is 1.56 bits per heavy atom. The number of nitrogen functional groups attached to an aromatic ring is 1. The number of halogens is 1. The quantitative estimate of drug-likeness (QED) is 0.853. The lowest BCUT2D eigenvalue weighted by atomic mass is 10.1. The Labute approximate surface area is 112 Å². The summed E-state index contributed by atoms with van der Waals surface area (Å²) in [6, 6.07) is 0. The van der Waals surface area contributed by atoms with Crippen LogP contribution in [0.15, 0.2) is 10.8 Å². The normalized spacial score (nSPS) is 16.6. The molecular weight excluding hydrogens is 304 g/mol. The Balaban J connectivity index is 1.95. The fraction of sp³-hybridized carbons (Fsp3) is 0.500. The van der Waals surface area contributed by atoms with Crippen molar-refractivity contribution in [2.24, 2.45) is 0 Å². The summed E-state index contributed by atoms with van der Waals surface area (Å²) in [6.07, 6.45) is 1.77. The number of anilines is 1. The summed E-state index contributed by atoms with van der Waals surface area (Å²) < 4.78 is 6.20. The van der Waals surface area contributed by atoms with Crippen LogP contribution in [0.4, 0.5) is 10.6 Å². The predicted molar refractivity (Wildman–Crippen MR) is 67.4 cm³/mol. The molecule has 1 aromatic rings. The van der Waals surface area contributed by atoms with E-state index >= 15 is 0 Å². The smallest absolute Gasteiger partial charge is 0.407 e. The molecule has 0 spiro atoms. The molecule has 18 heavy (non-hydrogen) atoms. The summed E-state index contributed by atoms with van der Waals surface area (Å²) in [5.74, 6) is 0.525. The van der Waals surface area contributed by atoms with E-state index in [1.807, 2.05) is 0 Å². The summed E-state index contributed by atoms with van der Waals surface area (Å²) in [7, 11) is 0. The molecule has 0 bridgehead atoms. The number of nitrogens with two attached hydrogens (primary N) is 1. The molecule has 1 fully saturated rings. The summed E-state index contributed by atoms with van der Waals surface area (Å²) >= 11 is 3.19. The number of piperidine rings is 1. The minimum absolute atomic E-state index is 0.0773. The molecule has 98 valence electrons. The summed E-state index contributed by atoms with van der Waals surface area (Å²) in [5, 5.41) is 8.83. The molecule has 1 aromatic heterocycles. The molecule has 7 nitrogen and oxygen atoms in total. The molecule has 8 heteroatoms. The number of hydrogen-bond donors (Lipinski definition) is 2. The molecule has 0 atom stereocenters. The number of nitrogens with zero attached hydrogens (tertiary/aromatic N) is 3. The van der Waals surface area contributed by atoms with Crippen molar-refractivity contribution in [3.05, 3.63) is 10.8 Å². The predicted octanol–water partition coefficient (Wildman–Crippen LogP) is 1.34. The van der Waals surface area contributed by atoms with E-state index < -0.39 is 6.09 Å². The molecule has 0 aromatic carbocycles. The van der Waals surface area contributed by atoms with E-state index in [1.54, 1.807) is 0 Å². The van der Waals surface area contributed by atoms with Crippen LogP contribution in [-0.4, -0.2) is 45.3 Å². The van der Waals surface area contributed by atoms with Gasteiger partial charge in [0, 0.05) is 25.9 Å². The topological polar surface area (TPSA) is 102 Å². The van der Waals surface area contributed by atoms with Gasteiger partial charge in [0.25, 0.3) is 5.88 Å². The highest BCUT2D eigenvalue weighted by atomic mass is 79.9. The van der Waals surface area contributed by atoms with Crippen molar-refractivity contribution in [3.63, 3.8) is 0 Å². The maximum Gasteiger partial charge on any atom is 0.407 e. The van der Waals surface area contributed by atoms with Crippen LogP contribution in [0, 0.1) is 0 Å². The first kappa shape index (κ1) is 12.9. The number of carbonyl (C=O) groups is 1. The highest BCUT2D eigenvalue weighted by Gasteiger charge is 2.24. The van der Waals surface area contributed by atoms with Crippen LogP contribution in [0.3, 0.4) is 0 Å². The highest BCUT2D eigenvalue weighted by Crippen LogP contribution is 2.22. The van der Waals surface area contributed by atoms with Gasteiger partial charge in [0.05, 0.1) is 6.20 Å². The summed E-state index contributed by atoms with van der Waals surface area (Å²) in [5.41, 5.74) is 5.66. The fourth-order valence-corrected chi connectivity index (χ4v) is 2.03. The molecule has 1 aliphatic rings. The third-order valence-electron chi connectivity index (χ3n) is 2.73. The number of rotatable bonds is 2. The van der Waals surface area contributed by atoms with Crippen molar-refractivity contribution in [2.75, 3.05) is 18.8 Å². The van der Waals surface area contributed by atoms with Crippen LogP contribution < -0.4 is 10.5 Å². The first-order valence-corrected chi connectivity index (χ1v) is 6.28. The molecule has 2 heterocycles. The third-order valence-corrected chi connectivity index (χ3v) is 3.11. The number of hydrogen-bond acceptors (Lipinski definition) is 5. The van der Waals surface area contributed by atoms with Crippen molar-refractivity contribution in [2.45, 2.75) is 18.9 Å². The lowest BCUT2D eigenvalue weighted by Crippen LogP contribution is -2.41. The molecule has 0 unspecified atom stereocenters. The second kappa shape index (κ2) is 5.38. The molecule has 0 saturated carbocycles. The van der Waals surface area contributed by atoms with Gasteiger partial charge in [-0.3, -0.25) is 0 Å². The zero-order valence-corrected chi connectivity index (χ0v) is 11.1. The van der Waals surface area contributed by atoms with Gasteiger partial charge in [-0.2, -0.15) is 0 Å². The lowest BCUT2D eigenvalue weighted by molar-refractivity contribution is 0.0872. The minimum Gasteiger partial charge on any atom is -0.472 e. The fourth-order valence-electron chi connectivity index (χ4n) is 1.77. The van der Waals surface area contributed by atoms with Crippen molar-refractivity contribution >= 4 is 27.8 Å². The molecule has 2 rings (SSSR count). The zero-order chi connectivity index (χ0) is 13.1. The van der Waals surface area contributed by atoms with E-state index in [0.29, 0.717) is 30.5 Å². The van der Waals surface area contributed by atoms with Gasteiger partial charge in [0.15, 0.2) is 5.82 Å². The van der Waals surface area contributed by atoms with Crippen LogP contribution >= 0.6 is 15.9 Å². The molecule has 1 saturated heterocycles. The second-order valence-corrected chi connectivity index (χ2v) is 4.78. The molecule has 3 N–H and O–H groups in total. The number of aromatic nitrogens is 2. The Morgan fingerprint density at radius 2 is 2.22 bits per heavy atom. The Kier molecular flexibility index (Phi) is 3.85. The largest absolute Gasteiger partial charge is 0.472 e. The maximum atomic E-state index is 10.8. The van der Waals surface area contributed by atoms with Gasteiger partial charge in [-0.1, -0.05) is 0 Å². The van der Waals surface area contributed by atoms with E-state index in [1.165, 1.54) is 11.1 Å². The standard InChI is InChI=1S/C10H13BrN4O3/c11-7-5-13-8(12)9(14-7)18-6-1-3-15(4-2-6)10(16)17/h5-6H,1-4H2,(H2,12,13)(H,16,17). The van der Waals surface area contributed by atoms with E-state index in [4.69, 9.17) is 15.6 Å². The van der Waals surface area contributed by atoms with Crippen LogP contribution in [0.1, 0.15) is 12.8 Å². The van der Waals surface area contributed by atoms with Gasteiger partial charge in [0.1, 0.15) is 10.7 Å². The molecule has 1 aliphatic heterocycles. The van der Waals surface area contributed by atoms with E-state index in [0.717, 1.165) is 0 Å². The molecule has 0 aliphatic carbocycles. The Hall–Kier alpha value is -1.57. The Morgan fingerprint density at radius 3 is 2.83 bits per heavy atom. The van der Waals surface area contributed by atoms with E-state index in [-0.39, 0.29) is 17.8 Å². The van der Waals surface area contributed by atoms with Crippen molar-refractivity contribution < 1.29 is 14.6 Å². The average Bonchev–Trinajstić information content (AvgIpc) is 2.34. The monoisotopic (exact) mass is 316 g/mol.